The van der Waals surface area contributed by atoms with Crippen LogP contribution in [-0.2, 0) is 9.59 Å². The molecular weight excluding hydrogens is 261 g/mol. The van der Waals surface area contributed by atoms with E-state index in [-0.39, 0.29) is 13.1 Å². The van der Waals surface area contributed by atoms with Crippen LogP contribution in [0.4, 0.5) is 13.2 Å². The molecule has 0 saturated carbocycles. The lowest BCUT2D eigenvalue weighted by Gasteiger charge is -2.29. The highest BCUT2D eigenvalue weighted by Crippen LogP contribution is 2.41. The van der Waals surface area contributed by atoms with Gasteiger partial charge in [0.15, 0.2) is 0 Å². The molecule has 0 aliphatic carbocycles. The van der Waals surface area contributed by atoms with E-state index in [1.165, 1.54) is 4.90 Å². The third-order valence-corrected chi connectivity index (χ3v) is 3.78. The van der Waals surface area contributed by atoms with Crippen molar-refractivity contribution in [3.05, 3.63) is 0 Å². The Morgan fingerprint density at radius 3 is 2.21 bits per heavy atom. The molecule has 2 N–H and O–H groups in total. The van der Waals surface area contributed by atoms with Crippen molar-refractivity contribution in [1.82, 2.24) is 4.90 Å². The number of rotatable bonds is 3. The van der Waals surface area contributed by atoms with Crippen LogP contribution in [0.2, 0.25) is 0 Å². The third kappa shape index (κ3) is 3.19. The van der Waals surface area contributed by atoms with Gasteiger partial charge in [-0.25, -0.2) is 0 Å². The Balaban J connectivity index is 2.70. The van der Waals surface area contributed by atoms with Crippen molar-refractivity contribution in [3.8, 4) is 0 Å². The minimum Gasteiger partial charge on any atom is -0.369 e. The van der Waals surface area contributed by atoms with E-state index in [0.717, 1.165) is 13.8 Å². The van der Waals surface area contributed by atoms with Gasteiger partial charge >= 0.3 is 6.18 Å². The number of carbonyl (C=O) groups excluding carboxylic acids is 2. The average molecular weight is 280 g/mol. The lowest BCUT2D eigenvalue weighted by molar-refractivity contribution is -0.215. The average Bonchev–Trinajstić information content (AvgIpc) is 2.60. The first-order chi connectivity index (χ1) is 8.39. The van der Waals surface area contributed by atoms with E-state index in [4.69, 9.17) is 5.73 Å². The summed E-state index contributed by atoms with van der Waals surface area (Å²) in [5, 5.41) is 0. The van der Waals surface area contributed by atoms with Crippen LogP contribution in [0.15, 0.2) is 0 Å². The Hall–Kier alpha value is -1.27. The number of amides is 2. The van der Waals surface area contributed by atoms with Gasteiger partial charge in [0.25, 0.3) is 0 Å². The van der Waals surface area contributed by atoms with E-state index in [9.17, 15) is 22.8 Å². The van der Waals surface area contributed by atoms with Crippen molar-refractivity contribution in [2.45, 2.75) is 39.8 Å². The number of alkyl halides is 3. The number of halogens is 3. The predicted octanol–water partition coefficient (Wildman–Crippen LogP) is 1.69. The maximum absolute atomic E-state index is 12.7. The molecule has 0 aromatic carbocycles. The first kappa shape index (κ1) is 15.8. The number of nitrogens with two attached hydrogens (primary N) is 1. The lowest BCUT2D eigenvalue weighted by Crippen LogP contribution is -2.42. The van der Waals surface area contributed by atoms with Crippen molar-refractivity contribution in [2.75, 3.05) is 13.1 Å². The molecule has 2 amide bonds. The Labute approximate surface area is 110 Å². The molecule has 1 fully saturated rings. The number of carbonyl (C=O) groups is 2. The normalized spacial score (nSPS) is 24.6. The summed E-state index contributed by atoms with van der Waals surface area (Å²) in [6.45, 7) is 3.97. The van der Waals surface area contributed by atoms with Crippen LogP contribution < -0.4 is 5.73 Å². The van der Waals surface area contributed by atoms with Crippen molar-refractivity contribution >= 4 is 11.8 Å². The molecule has 1 aliphatic heterocycles. The van der Waals surface area contributed by atoms with E-state index < -0.39 is 35.2 Å². The second kappa shape index (κ2) is 4.68. The minimum atomic E-state index is -4.44. The molecule has 1 atom stereocenters. The molecule has 4 nitrogen and oxygen atoms in total. The lowest BCUT2D eigenvalue weighted by atomic mass is 9.87. The highest BCUT2D eigenvalue weighted by atomic mass is 19.4. The third-order valence-electron chi connectivity index (χ3n) is 3.78. The van der Waals surface area contributed by atoms with Crippen LogP contribution in [0.3, 0.4) is 0 Å². The molecule has 19 heavy (non-hydrogen) atoms. The van der Waals surface area contributed by atoms with Gasteiger partial charge in [-0.3, -0.25) is 9.59 Å². The van der Waals surface area contributed by atoms with E-state index in [0.29, 0.717) is 6.42 Å². The monoisotopic (exact) mass is 280 g/mol. The fourth-order valence-corrected chi connectivity index (χ4v) is 1.97. The van der Waals surface area contributed by atoms with Gasteiger partial charge in [-0.2, -0.15) is 13.2 Å². The Morgan fingerprint density at radius 2 is 1.84 bits per heavy atom. The van der Waals surface area contributed by atoms with E-state index in [1.807, 2.05) is 0 Å². The van der Waals surface area contributed by atoms with Gasteiger partial charge in [-0.1, -0.05) is 13.8 Å². The molecule has 1 saturated heterocycles. The highest BCUT2D eigenvalue weighted by molar-refractivity contribution is 5.83. The summed E-state index contributed by atoms with van der Waals surface area (Å²) >= 11 is 0. The largest absolute Gasteiger partial charge is 0.394 e. The van der Waals surface area contributed by atoms with Crippen LogP contribution in [0, 0.1) is 10.8 Å². The van der Waals surface area contributed by atoms with Gasteiger partial charge in [0, 0.05) is 19.5 Å². The van der Waals surface area contributed by atoms with Gasteiger partial charge in [0.2, 0.25) is 11.8 Å². The first-order valence-electron chi connectivity index (χ1n) is 6.03. The molecule has 1 heterocycles. The van der Waals surface area contributed by atoms with Gasteiger partial charge in [-0.05, 0) is 13.3 Å². The number of primary amides is 1. The zero-order chi connectivity index (χ0) is 15.1. The maximum Gasteiger partial charge on any atom is 0.394 e. The number of hydrogen-bond donors (Lipinski definition) is 1. The Kier molecular flexibility index (Phi) is 3.89. The zero-order valence-corrected chi connectivity index (χ0v) is 11.3. The molecule has 0 aromatic heterocycles. The van der Waals surface area contributed by atoms with Crippen molar-refractivity contribution in [2.24, 2.45) is 16.6 Å². The van der Waals surface area contributed by atoms with Gasteiger partial charge in [0.1, 0.15) is 0 Å². The summed E-state index contributed by atoms with van der Waals surface area (Å²) < 4.78 is 38.1. The van der Waals surface area contributed by atoms with E-state index in [2.05, 4.69) is 0 Å². The summed E-state index contributed by atoms with van der Waals surface area (Å²) in [5.74, 6) is -1.12. The summed E-state index contributed by atoms with van der Waals surface area (Å²) in [7, 11) is 0. The zero-order valence-electron chi connectivity index (χ0n) is 11.3. The molecule has 110 valence electrons. The summed E-state index contributed by atoms with van der Waals surface area (Å²) in [6.07, 6.45) is -4.67. The summed E-state index contributed by atoms with van der Waals surface area (Å²) in [6, 6.07) is 0. The SMILES string of the molecule is CC(C)(CC(=O)N1CC[C@](C)(C(N)=O)C1)C(F)(F)F. The van der Waals surface area contributed by atoms with Gasteiger partial charge < -0.3 is 10.6 Å². The second-order valence-electron chi connectivity index (χ2n) is 6.05. The number of nitrogens with zero attached hydrogens (tertiary/aromatic N) is 1. The predicted molar refractivity (Wildman–Crippen MR) is 63.0 cm³/mol. The van der Waals surface area contributed by atoms with Crippen LogP contribution in [0.5, 0.6) is 0 Å². The summed E-state index contributed by atoms with van der Waals surface area (Å²) in [5.41, 5.74) is 2.33. The molecule has 0 spiro atoms. The van der Waals surface area contributed by atoms with Crippen LogP contribution >= 0.6 is 0 Å². The van der Waals surface area contributed by atoms with Crippen LogP contribution in [0.25, 0.3) is 0 Å². The first-order valence-corrected chi connectivity index (χ1v) is 6.03. The number of hydrogen-bond acceptors (Lipinski definition) is 2. The topological polar surface area (TPSA) is 63.4 Å². The molecule has 0 unspecified atom stereocenters. The fraction of sp³-hybridized carbons (Fsp3) is 0.833. The second-order valence-corrected chi connectivity index (χ2v) is 6.05. The molecule has 7 heteroatoms. The number of likely N-dealkylation sites (tertiary alicyclic amines) is 1. The van der Waals surface area contributed by atoms with E-state index in [1.54, 1.807) is 6.92 Å². The standard InChI is InChI=1S/C12H19F3N2O2/c1-10(2,12(13,14)15)6-8(18)17-5-4-11(3,7-17)9(16)19/h4-7H2,1-3H3,(H2,16,19)/t11-/m0/s1. The van der Waals surface area contributed by atoms with Crippen LogP contribution in [-0.4, -0.2) is 36.0 Å². The van der Waals surface area contributed by atoms with Crippen molar-refractivity contribution in [3.63, 3.8) is 0 Å². The molecule has 0 aromatic rings. The van der Waals surface area contributed by atoms with Crippen molar-refractivity contribution < 1.29 is 22.8 Å². The fourth-order valence-electron chi connectivity index (χ4n) is 1.97. The quantitative estimate of drug-likeness (QED) is 0.855. The van der Waals surface area contributed by atoms with Gasteiger partial charge in [0.05, 0.1) is 10.8 Å². The Morgan fingerprint density at radius 1 is 1.32 bits per heavy atom. The highest BCUT2D eigenvalue weighted by Gasteiger charge is 2.50. The molecule has 1 aliphatic rings. The van der Waals surface area contributed by atoms with Crippen LogP contribution in [0.1, 0.15) is 33.6 Å². The molecule has 1 rings (SSSR count). The molecule has 0 bridgehead atoms. The van der Waals surface area contributed by atoms with Crippen molar-refractivity contribution in [1.29, 1.82) is 0 Å². The molecular formula is C12H19F3N2O2. The minimum absolute atomic E-state index is 0.0924. The molecule has 0 radical (unpaired) electrons. The van der Waals surface area contributed by atoms with E-state index >= 15 is 0 Å². The smallest absolute Gasteiger partial charge is 0.369 e. The van der Waals surface area contributed by atoms with Gasteiger partial charge in [-0.15, -0.1) is 0 Å². The maximum atomic E-state index is 12.7. The summed E-state index contributed by atoms with van der Waals surface area (Å²) in [4.78, 5) is 24.4. The Bertz CT molecular complexity index is 393.